The Kier molecular flexibility index (Phi) is 20.2. The topological polar surface area (TPSA) is 146 Å². The van der Waals surface area contributed by atoms with Crippen molar-refractivity contribution >= 4 is 94.0 Å². The van der Waals surface area contributed by atoms with E-state index in [4.69, 9.17) is 33.8 Å². The first-order valence-corrected chi connectivity index (χ1v) is 39.8. The Balaban J connectivity index is 0.00000268. The van der Waals surface area contributed by atoms with Gasteiger partial charge in [-0.1, -0.05) is 245 Å². The number of nitrogens with zero attached hydrogens (tertiary/aromatic N) is 3. The van der Waals surface area contributed by atoms with Crippen molar-refractivity contribution in [2.75, 3.05) is 4.90 Å². The maximum Gasteiger partial charge on any atom is 0.300 e. The number of carbonyl (C=O) groups is 3. The molecule has 0 aliphatic carbocycles. The molecule has 0 radical (unpaired) electrons. The summed E-state index contributed by atoms with van der Waals surface area (Å²) in [6.45, 7) is 55.1. The fourth-order valence-corrected chi connectivity index (χ4v) is 19.1. The number of benzene rings is 11. The molecule has 2 aromatic heterocycles. The van der Waals surface area contributed by atoms with Gasteiger partial charge >= 0.3 is 0 Å². The lowest BCUT2D eigenvalue weighted by molar-refractivity contribution is -0.134. The van der Waals surface area contributed by atoms with E-state index in [-0.39, 0.29) is 71.8 Å². The molecule has 582 valence electrons. The fourth-order valence-electron chi connectivity index (χ4n) is 19.1. The zero-order valence-corrected chi connectivity index (χ0v) is 70.6. The van der Waals surface area contributed by atoms with Crippen molar-refractivity contribution in [2.24, 2.45) is 21.7 Å². The van der Waals surface area contributed by atoms with Gasteiger partial charge in [0, 0.05) is 55.4 Å². The predicted molar refractivity (Wildman–Crippen MR) is 462 cm³/mol. The highest BCUT2D eigenvalue weighted by Crippen LogP contribution is 2.59. The molecule has 1 N–H and O–H groups in total. The number of hydrogen-bond acceptors (Lipinski definition) is 9. The van der Waals surface area contributed by atoms with E-state index in [2.05, 4.69) is 215 Å². The molecule has 3 heterocycles. The molecular formula is C100H113N3O9. The van der Waals surface area contributed by atoms with Crippen LogP contribution in [0.1, 0.15) is 265 Å². The SMILES string of the molecule is CC(=O)O.CC(C)c1cccc(C(C)C)c1N1C(=O)c2cc(Oc3ccc(C(C)(C)CC(C)(C)C)cc3)c3c4c(Oc5ccc(C(C)(C)CC(C)(C)C)cc5)cc5c(=O)n6c7ccccc7nc6c6cc(Oc7ccc(C(C)(C)CC(C)(C)C)cc7)c(c7c(Oc8ccc(C(C)(C)CC(C)(C)C)cc8)cc(c2c37)C1=O)c4c56. The van der Waals surface area contributed by atoms with Gasteiger partial charge in [0.2, 0.25) is 0 Å². The zero-order valence-electron chi connectivity index (χ0n) is 70.6. The van der Waals surface area contributed by atoms with Gasteiger partial charge in [0.25, 0.3) is 23.3 Å². The Bertz CT molecular complexity index is 5710. The Morgan fingerprint density at radius 1 is 0.384 bits per heavy atom. The third-order valence-corrected chi connectivity index (χ3v) is 22.2. The first-order chi connectivity index (χ1) is 52.1. The summed E-state index contributed by atoms with van der Waals surface area (Å²) >= 11 is 0. The summed E-state index contributed by atoms with van der Waals surface area (Å²) in [5.41, 5.74) is 8.35. The average molecular weight is 1500 g/mol. The van der Waals surface area contributed by atoms with Crippen LogP contribution in [0.4, 0.5) is 5.69 Å². The third kappa shape index (κ3) is 15.4. The third-order valence-electron chi connectivity index (χ3n) is 22.2. The molecular weight excluding hydrogens is 1390 g/mol. The monoisotopic (exact) mass is 1500 g/mol. The van der Waals surface area contributed by atoms with E-state index in [0.29, 0.717) is 122 Å². The molecule has 0 saturated carbocycles. The van der Waals surface area contributed by atoms with E-state index < -0.39 is 17.8 Å². The zero-order chi connectivity index (χ0) is 81.4. The molecule has 12 nitrogen and oxygen atoms in total. The summed E-state index contributed by atoms with van der Waals surface area (Å²) < 4.78 is 32.3. The molecule has 0 saturated heterocycles. The minimum absolute atomic E-state index is 0.0465. The van der Waals surface area contributed by atoms with Gasteiger partial charge in [0.1, 0.15) is 51.6 Å². The highest BCUT2D eigenvalue weighted by atomic mass is 16.5. The minimum atomic E-state index is -0.833. The Morgan fingerprint density at radius 3 is 1.01 bits per heavy atom. The highest BCUT2D eigenvalue weighted by Gasteiger charge is 2.43. The fraction of sp³-hybridized carbons (Fsp3) is 0.390. The van der Waals surface area contributed by atoms with Crippen LogP contribution in [0, 0.1) is 21.7 Å². The van der Waals surface area contributed by atoms with Gasteiger partial charge in [-0.15, -0.1) is 0 Å². The predicted octanol–water partition coefficient (Wildman–Crippen LogP) is 27.7. The van der Waals surface area contributed by atoms with Crippen molar-refractivity contribution in [3.63, 3.8) is 0 Å². The lowest BCUT2D eigenvalue weighted by Crippen LogP contribution is -2.42. The smallest absolute Gasteiger partial charge is 0.300 e. The lowest BCUT2D eigenvalue weighted by Gasteiger charge is -2.34. The molecule has 0 atom stereocenters. The van der Waals surface area contributed by atoms with Crippen molar-refractivity contribution in [3.8, 4) is 46.0 Å². The quantitative estimate of drug-likeness (QED) is 0.0472. The highest BCUT2D eigenvalue weighted by molar-refractivity contribution is 6.47. The number of fused-ring (bicyclic) bond motifs is 6. The molecule has 13 aromatic rings. The second-order valence-corrected chi connectivity index (χ2v) is 39.8. The van der Waals surface area contributed by atoms with Crippen LogP contribution < -0.4 is 29.4 Å². The molecule has 0 bridgehead atoms. The van der Waals surface area contributed by atoms with E-state index in [1.807, 2.05) is 115 Å². The average Bonchev–Trinajstić information content (AvgIpc) is 0.865. The number of aliphatic carboxylic acids is 1. The number of pyridine rings is 1. The number of amides is 2. The Morgan fingerprint density at radius 2 is 0.688 bits per heavy atom. The van der Waals surface area contributed by atoms with Gasteiger partial charge in [-0.25, -0.2) is 9.88 Å². The lowest BCUT2D eigenvalue weighted by atomic mass is 9.72. The number of carboxylic acids is 1. The van der Waals surface area contributed by atoms with Crippen molar-refractivity contribution in [3.05, 3.63) is 219 Å². The normalized spacial score (nSPS) is 13.7. The molecule has 0 spiro atoms. The standard InChI is InChI=1S/C98H109N3O7.C2H4O2/c1-56(2)66-28-27-29-67(57(3)4)86(66)101-89(103)70-50-76(107-64-44-36-60(37-45-64)97(21,22)54-93(11,12)13)82-80-74(105-62-40-32-58(33-41-62)95(17,18)52-91(5,6)7)48-68-78-69(88(102)100-73-31-26-25-30-72(73)99-87(68)100)49-75(106-63-42-34-59(35-43-63)96(19,20)53-92(8,9)10)81(84(78)80)83-77(51-71(90(101)104)79(70)85(82)83)108-65-46-38-61(39-47-65)98(23,24)55-94(14,15)16;1-2(3)4/h25-51,56-57H,52-55H2,1-24H3;1H3,(H,3,4). The van der Waals surface area contributed by atoms with Crippen molar-refractivity contribution in [2.45, 2.75) is 232 Å². The largest absolute Gasteiger partial charge is 0.481 e. The number of anilines is 1. The molecule has 112 heavy (non-hydrogen) atoms. The van der Waals surface area contributed by atoms with Crippen molar-refractivity contribution in [1.82, 2.24) is 9.38 Å². The number of carboxylic acid groups (broad SMARTS) is 1. The molecule has 14 rings (SSSR count). The number of hydrogen-bond donors (Lipinski definition) is 1. The van der Waals surface area contributed by atoms with Crippen LogP contribution in [0.5, 0.6) is 46.0 Å². The second-order valence-electron chi connectivity index (χ2n) is 39.8. The van der Waals surface area contributed by atoms with Gasteiger partial charge in [-0.2, -0.15) is 0 Å². The molecule has 1 aliphatic rings. The maximum atomic E-state index is 16.8. The van der Waals surface area contributed by atoms with Gasteiger partial charge < -0.3 is 24.1 Å². The molecule has 0 fully saturated rings. The summed E-state index contributed by atoms with van der Waals surface area (Å²) in [4.78, 5) is 65.8. The van der Waals surface area contributed by atoms with Crippen LogP contribution in [-0.2, 0) is 26.5 Å². The summed E-state index contributed by atoms with van der Waals surface area (Å²) in [6.07, 6.45) is 3.75. The van der Waals surface area contributed by atoms with Gasteiger partial charge in [0.15, 0.2) is 0 Å². The van der Waals surface area contributed by atoms with Crippen molar-refractivity contribution < 1.29 is 38.4 Å². The molecule has 1 aliphatic heterocycles. The van der Waals surface area contributed by atoms with Crippen LogP contribution >= 0.6 is 0 Å². The number of carbonyl (C=O) groups excluding carboxylic acids is 2. The van der Waals surface area contributed by atoms with Crippen LogP contribution in [0.25, 0.3) is 70.5 Å². The number of para-hydroxylation sites is 3. The summed E-state index contributed by atoms with van der Waals surface area (Å²) in [6, 6.07) is 54.8. The molecule has 12 heteroatoms. The second kappa shape index (κ2) is 28.4. The maximum absolute atomic E-state index is 16.8. The number of ether oxygens (including phenoxy) is 4. The van der Waals surface area contributed by atoms with Gasteiger partial charge in [0.05, 0.1) is 33.2 Å². The number of aromatic nitrogens is 2. The number of rotatable bonds is 19. The summed E-state index contributed by atoms with van der Waals surface area (Å²) in [5.74, 6) is 1.55. The Hall–Kier alpha value is -10.3. The van der Waals surface area contributed by atoms with E-state index in [1.165, 1.54) is 10.5 Å². The Labute approximate surface area is 661 Å². The first-order valence-electron chi connectivity index (χ1n) is 39.8. The van der Waals surface area contributed by atoms with E-state index in [9.17, 15) is 0 Å². The van der Waals surface area contributed by atoms with Crippen LogP contribution in [0.15, 0.2) is 169 Å². The van der Waals surface area contributed by atoms with Crippen molar-refractivity contribution in [1.29, 1.82) is 0 Å². The number of imide groups is 1. The molecule has 11 aromatic carbocycles. The van der Waals surface area contributed by atoms with Crippen LogP contribution in [0.3, 0.4) is 0 Å². The minimum Gasteiger partial charge on any atom is -0.481 e. The molecule has 0 unspecified atom stereocenters. The van der Waals surface area contributed by atoms with E-state index in [1.54, 1.807) is 4.40 Å². The van der Waals surface area contributed by atoms with Crippen LogP contribution in [0.2, 0.25) is 0 Å². The first kappa shape index (κ1) is 79.7. The van der Waals surface area contributed by atoms with E-state index >= 15 is 14.4 Å². The van der Waals surface area contributed by atoms with Crippen LogP contribution in [-0.4, -0.2) is 32.3 Å². The summed E-state index contributed by atoms with van der Waals surface area (Å²) in [5, 5.41) is 12.8. The van der Waals surface area contributed by atoms with Gasteiger partial charge in [-0.3, -0.25) is 23.6 Å². The van der Waals surface area contributed by atoms with E-state index in [0.717, 1.165) is 60.4 Å². The van der Waals surface area contributed by atoms with Gasteiger partial charge in [-0.05, 0) is 199 Å². The molecule has 2 amide bonds. The summed E-state index contributed by atoms with van der Waals surface area (Å²) in [7, 11) is 0. The number of imidazole rings is 1.